The van der Waals surface area contributed by atoms with Crippen molar-refractivity contribution in [1.82, 2.24) is 10.6 Å². The van der Waals surface area contributed by atoms with E-state index in [2.05, 4.69) is 15.4 Å². The molecule has 0 saturated heterocycles. The van der Waals surface area contributed by atoms with Crippen molar-refractivity contribution in [3.05, 3.63) is 0 Å². The highest BCUT2D eigenvalue weighted by Gasteiger charge is 2.19. The van der Waals surface area contributed by atoms with E-state index in [0.717, 1.165) is 0 Å². The molecule has 0 radical (unpaired) electrons. The van der Waals surface area contributed by atoms with Crippen LogP contribution in [-0.2, 0) is 23.9 Å². The standard InChI is InChI=1S/C14H26N2O6/c1-21-9-5-7-12(17)15-8-4-3-6-11(14(19)20)16-13(18)10-22-2/h11H,3-10H2,1-2H3,(H,15,17)(H,16,18)(H,19,20). The summed E-state index contributed by atoms with van der Waals surface area (Å²) < 4.78 is 9.49. The molecule has 22 heavy (non-hydrogen) atoms. The van der Waals surface area contributed by atoms with E-state index in [0.29, 0.717) is 45.3 Å². The Balaban J connectivity index is 3.78. The molecule has 8 nitrogen and oxygen atoms in total. The smallest absolute Gasteiger partial charge is 0.326 e. The number of hydrogen-bond acceptors (Lipinski definition) is 5. The predicted octanol–water partition coefficient (Wildman–Crippen LogP) is -0.0847. The van der Waals surface area contributed by atoms with Crippen molar-refractivity contribution >= 4 is 17.8 Å². The Hall–Kier alpha value is -1.67. The van der Waals surface area contributed by atoms with Gasteiger partial charge in [0, 0.05) is 33.8 Å². The quantitative estimate of drug-likeness (QED) is 0.409. The maximum absolute atomic E-state index is 11.4. The maximum Gasteiger partial charge on any atom is 0.326 e. The molecule has 0 fully saturated rings. The summed E-state index contributed by atoms with van der Waals surface area (Å²) in [6, 6.07) is -0.931. The van der Waals surface area contributed by atoms with Gasteiger partial charge in [-0.1, -0.05) is 0 Å². The lowest BCUT2D eigenvalue weighted by atomic mass is 10.1. The van der Waals surface area contributed by atoms with Gasteiger partial charge in [-0.2, -0.15) is 0 Å². The fourth-order valence-electron chi connectivity index (χ4n) is 1.79. The summed E-state index contributed by atoms with van der Waals surface area (Å²) in [5.74, 6) is -1.57. The second-order valence-corrected chi connectivity index (χ2v) is 4.83. The van der Waals surface area contributed by atoms with E-state index in [1.165, 1.54) is 7.11 Å². The van der Waals surface area contributed by atoms with Crippen LogP contribution in [0.1, 0.15) is 32.1 Å². The second-order valence-electron chi connectivity index (χ2n) is 4.83. The molecule has 0 saturated carbocycles. The molecule has 0 heterocycles. The first-order chi connectivity index (χ1) is 10.5. The van der Waals surface area contributed by atoms with Crippen LogP contribution in [-0.4, -0.2) is 62.9 Å². The topological polar surface area (TPSA) is 114 Å². The fourth-order valence-corrected chi connectivity index (χ4v) is 1.79. The highest BCUT2D eigenvalue weighted by Crippen LogP contribution is 2.01. The Labute approximate surface area is 130 Å². The van der Waals surface area contributed by atoms with Gasteiger partial charge in [-0.05, 0) is 25.7 Å². The van der Waals surface area contributed by atoms with Gasteiger partial charge < -0.3 is 25.2 Å². The zero-order chi connectivity index (χ0) is 16.8. The van der Waals surface area contributed by atoms with Crippen molar-refractivity contribution < 1.29 is 29.0 Å². The largest absolute Gasteiger partial charge is 0.480 e. The van der Waals surface area contributed by atoms with Gasteiger partial charge in [0.05, 0.1) is 0 Å². The number of carboxylic acid groups (broad SMARTS) is 1. The number of unbranched alkanes of at least 4 members (excludes halogenated alkanes) is 1. The Morgan fingerprint density at radius 1 is 1.05 bits per heavy atom. The minimum absolute atomic E-state index is 0.0415. The third-order valence-corrected chi connectivity index (χ3v) is 2.90. The van der Waals surface area contributed by atoms with Gasteiger partial charge in [-0.3, -0.25) is 9.59 Å². The molecule has 0 aromatic carbocycles. The first-order valence-corrected chi connectivity index (χ1v) is 7.28. The van der Waals surface area contributed by atoms with Gasteiger partial charge >= 0.3 is 5.97 Å². The average molecular weight is 318 g/mol. The molecule has 2 amide bonds. The molecule has 0 aliphatic heterocycles. The van der Waals surface area contributed by atoms with Crippen molar-refractivity contribution in [3.8, 4) is 0 Å². The molecule has 1 atom stereocenters. The first kappa shape index (κ1) is 20.3. The van der Waals surface area contributed by atoms with Crippen LogP contribution < -0.4 is 10.6 Å². The molecule has 0 rings (SSSR count). The Morgan fingerprint density at radius 3 is 2.36 bits per heavy atom. The van der Waals surface area contributed by atoms with Gasteiger partial charge in [0.1, 0.15) is 12.6 Å². The van der Waals surface area contributed by atoms with Crippen LogP contribution in [0.25, 0.3) is 0 Å². The van der Waals surface area contributed by atoms with Crippen molar-refractivity contribution in [3.63, 3.8) is 0 Å². The zero-order valence-electron chi connectivity index (χ0n) is 13.2. The average Bonchev–Trinajstić information content (AvgIpc) is 2.46. The van der Waals surface area contributed by atoms with Gasteiger partial charge in [-0.25, -0.2) is 4.79 Å². The van der Waals surface area contributed by atoms with E-state index in [1.54, 1.807) is 7.11 Å². The van der Waals surface area contributed by atoms with Crippen molar-refractivity contribution in [2.24, 2.45) is 0 Å². The zero-order valence-corrected chi connectivity index (χ0v) is 13.2. The number of rotatable bonds is 13. The van der Waals surface area contributed by atoms with Gasteiger partial charge in [0.15, 0.2) is 0 Å². The summed E-state index contributed by atoms with van der Waals surface area (Å²) in [6.45, 7) is 0.875. The molecule has 0 aromatic heterocycles. The number of aliphatic carboxylic acids is 1. The SMILES string of the molecule is COCCCC(=O)NCCCCC(NC(=O)COC)C(=O)O. The molecule has 128 valence electrons. The van der Waals surface area contributed by atoms with Crippen molar-refractivity contribution in [2.75, 3.05) is 34.0 Å². The lowest BCUT2D eigenvalue weighted by Gasteiger charge is -2.14. The Kier molecular flexibility index (Phi) is 12.0. The van der Waals surface area contributed by atoms with E-state index >= 15 is 0 Å². The normalized spacial score (nSPS) is 11.7. The number of carboxylic acids is 1. The van der Waals surface area contributed by atoms with E-state index in [4.69, 9.17) is 9.84 Å². The van der Waals surface area contributed by atoms with E-state index < -0.39 is 17.9 Å². The Morgan fingerprint density at radius 2 is 1.77 bits per heavy atom. The molecule has 3 N–H and O–H groups in total. The minimum atomic E-state index is -1.08. The van der Waals surface area contributed by atoms with Crippen LogP contribution in [0, 0.1) is 0 Å². The minimum Gasteiger partial charge on any atom is -0.480 e. The monoisotopic (exact) mass is 318 g/mol. The maximum atomic E-state index is 11.4. The predicted molar refractivity (Wildman–Crippen MR) is 79.4 cm³/mol. The van der Waals surface area contributed by atoms with Gasteiger partial charge in [-0.15, -0.1) is 0 Å². The number of carbonyl (C=O) groups excluding carboxylic acids is 2. The number of ether oxygens (including phenoxy) is 2. The molecule has 0 spiro atoms. The second kappa shape index (κ2) is 13.0. The van der Waals surface area contributed by atoms with Gasteiger partial charge in [0.2, 0.25) is 11.8 Å². The molecule has 0 aliphatic rings. The number of methoxy groups -OCH3 is 2. The van der Waals surface area contributed by atoms with E-state index in [-0.39, 0.29) is 12.5 Å². The number of carbonyl (C=O) groups is 3. The summed E-state index contributed by atoms with van der Waals surface area (Å²) in [7, 11) is 2.95. The summed E-state index contributed by atoms with van der Waals surface area (Å²) in [6.07, 6.45) is 2.64. The van der Waals surface area contributed by atoms with Crippen LogP contribution in [0.3, 0.4) is 0 Å². The number of amides is 2. The van der Waals surface area contributed by atoms with E-state index in [1.807, 2.05) is 0 Å². The summed E-state index contributed by atoms with van der Waals surface area (Å²) in [5, 5.41) is 14.2. The van der Waals surface area contributed by atoms with Gasteiger partial charge in [0.25, 0.3) is 0 Å². The van der Waals surface area contributed by atoms with Crippen LogP contribution in [0.2, 0.25) is 0 Å². The Bertz CT molecular complexity index is 348. The molecule has 0 aromatic rings. The summed E-state index contributed by atoms with van der Waals surface area (Å²) in [5.41, 5.74) is 0. The number of hydrogen-bond donors (Lipinski definition) is 3. The highest BCUT2D eigenvalue weighted by molar-refractivity contribution is 5.84. The molecular weight excluding hydrogens is 292 g/mol. The van der Waals surface area contributed by atoms with Crippen molar-refractivity contribution in [2.45, 2.75) is 38.1 Å². The highest BCUT2D eigenvalue weighted by atomic mass is 16.5. The summed E-state index contributed by atoms with van der Waals surface area (Å²) >= 11 is 0. The lowest BCUT2D eigenvalue weighted by molar-refractivity contribution is -0.142. The lowest BCUT2D eigenvalue weighted by Crippen LogP contribution is -2.42. The van der Waals surface area contributed by atoms with Crippen LogP contribution in [0.4, 0.5) is 0 Å². The molecular formula is C14H26N2O6. The molecule has 8 heteroatoms. The van der Waals surface area contributed by atoms with E-state index in [9.17, 15) is 14.4 Å². The first-order valence-electron chi connectivity index (χ1n) is 7.28. The number of nitrogens with one attached hydrogen (secondary N) is 2. The third-order valence-electron chi connectivity index (χ3n) is 2.90. The van der Waals surface area contributed by atoms with Crippen molar-refractivity contribution in [1.29, 1.82) is 0 Å². The molecule has 1 unspecified atom stereocenters. The fraction of sp³-hybridized carbons (Fsp3) is 0.786. The van der Waals surface area contributed by atoms with Crippen LogP contribution in [0.15, 0.2) is 0 Å². The van der Waals surface area contributed by atoms with Crippen LogP contribution >= 0.6 is 0 Å². The summed E-state index contributed by atoms with van der Waals surface area (Å²) in [4.78, 5) is 33.7. The molecule has 0 aliphatic carbocycles. The third kappa shape index (κ3) is 11.0. The van der Waals surface area contributed by atoms with Crippen LogP contribution in [0.5, 0.6) is 0 Å². The molecule has 0 bridgehead atoms.